The number of rotatable bonds is 3. The standard InChI is InChI=1S/C5H11O2P/c1-5(2,6)3-4-8-7/h6H,3-4H2,1-2H3. The molecule has 48 valence electrons. The average Bonchev–Trinajstić information content (AvgIpc) is 1.59. The minimum atomic E-state index is -0.655. The van der Waals surface area contributed by atoms with Crippen molar-refractivity contribution in [1.82, 2.24) is 0 Å². The SMILES string of the molecule is CC(C)(O)CCP=O. The quantitative estimate of drug-likeness (QED) is 0.593. The first-order valence-electron chi connectivity index (χ1n) is 2.58. The van der Waals surface area contributed by atoms with E-state index in [9.17, 15) is 4.57 Å². The average molecular weight is 134 g/mol. The Labute approximate surface area is 51.1 Å². The summed E-state index contributed by atoms with van der Waals surface area (Å²) in [5.74, 6) is 0. The summed E-state index contributed by atoms with van der Waals surface area (Å²) in [5.41, 5.74) is -0.655. The van der Waals surface area contributed by atoms with Crippen LogP contribution in [0.25, 0.3) is 0 Å². The zero-order valence-corrected chi connectivity index (χ0v) is 6.11. The molecule has 0 unspecified atom stereocenters. The van der Waals surface area contributed by atoms with Gasteiger partial charge in [-0.1, -0.05) is 0 Å². The molecule has 0 heterocycles. The molecule has 0 radical (unpaired) electrons. The molecular formula is C5H11O2P. The van der Waals surface area contributed by atoms with Gasteiger partial charge in [-0.25, -0.2) is 0 Å². The third-order valence-corrected chi connectivity index (χ3v) is 1.22. The normalized spacial score (nSPS) is 12.4. The number of hydrogen-bond donors (Lipinski definition) is 1. The lowest BCUT2D eigenvalue weighted by Crippen LogP contribution is -2.18. The molecule has 0 atom stereocenters. The zero-order valence-electron chi connectivity index (χ0n) is 5.22. The summed E-state index contributed by atoms with van der Waals surface area (Å²) in [6, 6.07) is 0. The molecule has 0 amide bonds. The highest BCUT2D eigenvalue weighted by atomic mass is 31.1. The van der Waals surface area contributed by atoms with Gasteiger partial charge in [0.1, 0.15) is 0 Å². The van der Waals surface area contributed by atoms with Gasteiger partial charge in [0.25, 0.3) is 0 Å². The Hall–Kier alpha value is 0.0600. The Morgan fingerprint density at radius 3 is 2.25 bits per heavy atom. The molecule has 0 bridgehead atoms. The van der Waals surface area contributed by atoms with Crippen LogP contribution in [-0.2, 0) is 4.57 Å². The van der Waals surface area contributed by atoms with Crippen LogP contribution in [0.2, 0.25) is 0 Å². The predicted octanol–water partition coefficient (Wildman–Crippen LogP) is 1.44. The molecule has 3 heteroatoms. The second kappa shape index (κ2) is 3.16. The summed E-state index contributed by atoms with van der Waals surface area (Å²) in [5, 5.41) is 9.01. The minimum absolute atomic E-state index is 0.120. The van der Waals surface area contributed by atoms with Crippen LogP contribution in [0.4, 0.5) is 0 Å². The Kier molecular flexibility index (Phi) is 3.18. The molecule has 0 fully saturated rings. The van der Waals surface area contributed by atoms with E-state index in [4.69, 9.17) is 5.11 Å². The summed E-state index contributed by atoms with van der Waals surface area (Å²) >= 11 is 0. The lowest BCUT2D eigenvalue weighted by Gasteiger charge is -2.13. The number of hydrogen-bond acceptors (Lipinski definition) is 2. The van der Waals surface area contributed by atoms with Crippen molar-refractivity contribution >= 4 is 8.46 Å². The van der Waals surface area contributed by atoms with E-state index in [0.29, 0.717) is 12.6 Å². The van der Waals surface area contributed by atoms with Gasteiger partial charge in [-0.15, -0.1) is 0 Å². The molecule has 0 saturated carbocycles. The highest BCUT2D eigenvalue weighted by Crippen LogP contribution is 2.10. The monoisotopic (exact) mass is 134 g/mol. The Bertz CT molecular complexity index is 75.0. The van der Waals surface area contributed by atoms with E-state index >= 15 is 0 Å². The Balaban J connectivity index is 3.24. The summed E-state index contributed by atoms with van der Waals surface area (Å²) in [6.45, 7) is 3.41. The largest absolute Gasteiger partial charge is 0.390 e. The highest BCUT2D eigenvalue weighted by molar-refractivity contribution is 7.23. The van der Waals surface area contributed by atoms with Gasteiger partial charge in [0, 0.05) is 6.16 Å². The van der Waals surface area contributed by atoms with Crippen molar-refractivity contribution in [2.75, 3.05) is 6.16 Å². The van der Waals surface area contributed by atoms with Gasteiger partial charge in [-0.2, -0.15) is 0 Å². The lowest BCUT2D eigenvalue weighted by molar-refractivity contribution is 0.0775. The molecule has 0 aromatic rings. The Morgan fingerprint density at radius 1 is 1.62 bits per heavy atom. The maximum Gasteiger partial charge on any atom is 0.155 e. The van der Waals surface area contributed by atoms with Crippen molar-refractivity contribution in [3.8, 4) is 0 Å². The van der Waals surface area contributed by atoms with Crippen LogP contribution in [0.1, 0.15) is 20.3 Å². The van der Waals surface area contributed by atoms with Crippen molar-refractivity contribution in [3.63, 3.8) is 0 Å². The summed E-state index contributed by atoms with van der Waals surface area (Å²) < 4.78 is 9.84. The van der Waals surface area contributed by atoms with E-state index in [1.165, 1.54) is 0 Å². The first-order valence-corrected chi connectivity index (χ1v) is 3.57. The first kappa shape index (κ1) is 8.06. The van der Waals surface area contributed by atoms with Gasteiger partial charge in [0.15, 0.2) is 8.46 Å². The van der Waals surface area contributed by atoms with E-state index in [-0.39, 0.29) is 8.46 Å². The van der Waals surface area contributed by atoms with Gasteiger partial charge < -0.3 is 5.11 Å². The molecule has 0 aliphatic carbocycles. The lowest BCUT2D eigenvalue weighted by atomic mass is 10.1. The summed E-state index contributed by atoms with van der Waals surface area (Å²) in [7, 11) is 0.120. The molecule has 0 aliphatic rings. The molecule has 8 heavy (non-hydrogen) atoms. The predicted molar refractivity (Wildman–Crippen MR) is 33.4 cm³/mol. The maximum atomic E-state index is 9.84. The van der Waals surface area contributed by atoms with E-state index in [2.05, 4.69) is 0 Å². The summed E-state index contributed by atoms with van der Waals surface area (Å²) in [4.78, 5) is 0. The fraction of sp³-hybridized carbons (Fsp3) is 1.00. The third-order valence-electron chi connectivity index (χ3n) is 0.815. The smallest absolute Gasteiger partial charge is 0.155 e. The van der Waals surface area contributed by atoms with Crippen LogP contribution in [0.5, 0.6) is 0 Å². The fourth-order valence-corrected chi connectivity index (χ4v) is 0.958. The van der Waals surface area contributed by atoms with Crippen molar-refractivity contribution in [2.24, 2.45) is 0 Å². The van der Waals surface area contributed by atoms with Crippen molar-refractivity contribution in [1.29, 1.82) is 0 Å². The topological polar surface area (TPSA) is 37.3 Å². The number of aliphatic hydroxyl groups is 1. The van der Waals surface area contributed by atoms with Gasteiger partial charge in [0.2, 0.25) is 0 Å². The highest BCUT2D eigenvalue weighted by Gasteiger charge is 2.10. The molecule has 0 rings (SSSR count). The molecular weight excluding hydrogens is 123 g/mol. The molecule has 0 aromatic heterocycles. The van der Waals surface area contributed by atoms with Gasteiger partial charge in [-0.05, 0) is 20.3 Å². The van der Waals surface area contributed by atoms with Crippen LogP contribution >= 0.6 is 8.46 Å². The van der Waals surface area contributed by atoms with E-state index in [1.54, 1.807) is 13.8 Å². The van der Waals surface area contributed by atoms with Crippen molar-refractivity contribution < 1.29 is 9.67 Å². The molecule has 0 aliphatic heterocycles. The Morgan fingerprint density at radius 2 is 2.12 bits per heavy atom. The first-order chi connectivity index (χ1) is 3.56. The van der Waals surface area contributed by atoms with E-state index < -0.39 is 5.60 Å². The van der Waals surface area contributed by atoms with Crippen LogP contribution in [0.3, 0.4) is 0 Å². The molecule has 0 spiro atoms. The van der Waals surface area contributed by atoms with Crippen molar-refractivity contribution in [2.45, 2.75) is 25.9 Å². The minimum Gasteiger partial charge on any atom is -0.390 e. The maximum absolute atomic E-state index is 9.84. The van der Waals surface area contributed by atoms with E-state index in [1.807, 2.05) is 0 Å². The fourth-order valence-electron chi connectivity index (χ4n) is 0.319. The van der Waals surface area contributed by atoms with Gasteiger partial charge in [-0.3, -0.25) is 4.57 Å². The van der Waals surface area contributed by atoms with Crippen LogP contribution < -0.4 is 0 Å². The van der Waals surface area contributed by atoms with Crippen LogP contribution in [-0.4, -0.2) is 16.9 Å². The third kappa shape index (κ3) is 6.06. The molecule has 2 nitrogen and oxygen atoms in total. The van der Waals surface area contributed by atoms with Crippen LogP contribution in [0.15, 0.2) is 0 Å². The summed E-state index contributed by atoms with van der Waals surface area (Å²) in [6.07, 6.45) is 1.14. The molecule has 0 aromatic carbocycles. The molecule has 1 N–H and O–H groups in total. The zero-order chi connectivity index (χ0) is 6.62. The van der Waals surface area contributed by atoms with E-state index in [0.717, 1.165) is 0 Å². The van der Waals surface area contributed by atoms with Gasteiger partial charge in [0.05, 0.1) is 5.60 Å². The van der Waals surface area contributed by atoms with Gasteiger partial charge >= 0.3 is 0 Å². The van der Waals surface area contributed by atoms with Crippen LogP contribution in [0, 0.1) is 0 Å². The molecule has 0 saturated heterocycles. The second-order valence-electron chi connectivity index (χ2n) is 2.42. The second-order valence-corrected chi connectivity index (χ2v) is 3.12. The van der Waals surface area contributed by atoms with Crippen molar-refractivity contribution in [3.05, 3.63) is 0 Å².